The zero-order valence-corrected chi connectivity index (χ0v) is 15.7. The molecule has 2 aromatic rings. The fourth-order valence-electron chi connectivity index (χ4n) is 3.64. The zero-order valence-electron chi connectivity index (χ0n) is 15.7. The largest absolute Gasteiger partial charge is 0.449 e. The summed E-state index contributed by atoms with van der Waals surface area (Å²) in [4.78, 5) is 13.0. The van der Waals surface area contributed by atoms with Gasteiger partial charge in [0.1, 0.15) is 0 Å². The molecule has 0 unspecified atom stereocenters. The van der Waals surface area contributed by atoms with E-state index < -0.39 is 11.9 Å². The lowest BCUT2D eigenvalue weighted by Crippen LogP contribution is -2.29. The molecule has 0 aromatic heterocycles. The molecule has 1 N–H and O–H groups in total. The summed E-state index contributed by atoms with van der Waals surface area (Å²) < 4.78 is 17.7. The van der Waals surface area contributed by atoms with Gasteiger partial charge in [0.2, 0.25) is 5.79 Å². The number of nitrogens with one attached hydrogen (secondary N) is 1. The maximum atomic E-state index is 13.0. The summed E-state index contributed by atoms with van der Waals surface area (Å²) in [6, 6.07) is 15.1. The molecule has 4 rings (SSSR count). The van der Waals surface area contributed by atoms with Gasteiger partial charge in [-0.3, -0.25) is 4.79 Å². The van der Waals surface area contributed by atoms with Gasteiger partial charge in [-0.2, -0.15) is 0 Å². The quantitative estimate of drug-likeness (QED) is 0.822. The van der Waals surface area contributed by atoms with Crippen molar-refractivity contribution in [1.29, 1.82) is 0 Å². The molecule has 1 fully saturated rings. The molecule has 5 heteroatoms. The highest BCUT2D eigenvalue weighted by Crippen LogP contribution is 2.41. The molecule has 1 heterocycles. The maximum Gasteiger partial charge on any atom is 0.258 e. The van der Waals surface area contributed by atoms with Crippen LogP contribution in [-0.4, -0.2) is 17.8 Å². The molecule has 142 valence electrons. The Hall–Kier alpha value is -2.53. The molecule has 1 aliphatic carbocycles. The monoisotopic (exact) mass is 367 g/mol. The van der Waals surface area contributed by atoms with E-state index in [1.807, 2.05) is 56.3 Å². The number of anilines is 1. The number of fused-ring (bicyclic) bond motifs is 1. The SMILES string of the molecule is CC1(C)Oc2ccc(NC(=O)[C@@H](OC3CCCC3)c3ccccc3)cc2O1. The van der Waals surface area contributed by atoms with Gasteiger partial charge >= 0.3 is 0 Å². The number of carbonyl (C=O) groups excluding carboxylic acids is 1. The topological polar surface area (TPSA) is 56.8 Å². The van der Waals surface area contributed by atoms with Crippen molar-refractivity contribution in [2.45, 2.75) is 57.5 Å². The van der Waals surface area contributed by atoms with Crippen molar-refractivity contribution in [3.8, 4) is 11.5 Å². The minimum absolute atomic E-state index is 0.138. The minimum atomic E-state index is -0.691. The summed E-state index contributed by atoms with van der Waals surface area (Å²) >= 11 is 0. The van der Waals surface area contributed by atoms with Crippen molar-refractivity contribution in [3.63, 3.8) is 0 Å². The molecule has 1 saturated carbocycles. The summed E-state index contributed by atoms with van der Waals surface area (Å²) in [7, 11) is 0. The van der Waals surface area contributed by atoms with E-state index in [9.17, 15) is 4.79 Å². The van der Waals surface area contributed by atoms with Crippen LogP contribution < -0.4 is 14.8 Å². The third kappa shape index (κ3) is 4.08. The second-order valence-electron chi connectivity index (χ2n) is 7.59. The third-order valence-corrected chi connectivity index (χ3v) is 4.89. The smallest absolute Gasteiger partial charge is 0.258 e. The van der Waals surface area contributed by atoms with Crippen LogP contribution in [0, 0.1) is 0 Å². The van der Waals surface area contributed by atoms with E-state index in [1.54, 1.807) is 6.07 Å². The van der Waals surface area contributed by atoms with Crippen molar-refractivity contribution in [2.24, 2.45) is 0 Å². The number of hydrogen-bond acceptors (Lipinski definition) is 4. The molecule has 0 radical (unpaired) electrons. The lowest BCUT2D eigenvalue weighted by molar-refractivity contribution is -0.131. The van der Waals surface area contributed by atoms with Crippen LogP contribution in [0.3, 0.4) is 0 Å². The average molecular weight is 367 g/mol. The maximum absolute atomic E-state index is 13.0. The van der Waals surface area contributed by atoms with Crippen LogP contribution in [0.5, 0.6) is 11.5 Å². The Morgan fingerprint density at radius 3 is 2.52 bits per heavy atom. The molecular formula is C22H25NO4. The normalized spacial score (nSPS) is 19.0. The molecule has 1 aliphatic heterocycles. The summed E-state index contributed by atoms with van der Waals surface area (Å²) in [5, 5.41) is 2.97. The summed E-state index contributed by atoms with van der Waals surface area (Å²) in [6.07, 6.45) is 3.85. The Bertz CT molecular complexity index is 812. The first-order chi connectivity index (χ1) is 13.0. The first kappa shape index (κ1) is 17.9. The molecule has 2 aliphatic rings. The Morgan fingerprint density at radius 2 is 1.78 bits per heavy atom. The number of hydrogen-bond donors (Lipinski definition) is 1. The summed E-state index contributed by atoms with van der Waals surface area (Å²) in [5.41, 5.74) is 1.53. The average Bonchev–Trinajstić information content (AvgIpc) is 3.25. The van der Waals surface area contributed by atoms with Gasteiger partial charge in [-0.1, -0.05) is 43.2 Å². The van der Waals surface area contributed by atoms with Crippen LogP contribution in [0.4, 0.5) is 5.69 Å². The van der Waals surface area contributed by atoms with Gasteiger partial charge < -0.3 is 19.5 Å². The van der Waals surface area contributed by atoms with E-state index in [2.05, 4.69) is 5.32 Å². The predicted molar refractivity (Wildman–Crippen MR) is 103 cm³/mol. The van der Waals surface area contributed by atoms with Gasteiger partial charge in [-0.05, 0) is 30.5 Å². The zero-order chi connectivity index (χ0) is 18.9. The fourth-order valence-corrected chi connectivity index (χ4v) is 3.64. The molecule has 27 heavy (non-hydrogen) atoms. The van der Waals surface area contributed by atoms with Crippen LogP contribution in [0.1, 0.15) is 51.2 Å². The van der Waals surface area contributed by atoms with Gasteiger partial charge in [0.05, 0.1) is 6.10 Å². The number of carbonyl (C=O) groups is 1. The van der Waals surface area contributed by atoms with Crippen molar-refractivity contribution >= 4 is 11.6 Å². The van der Waals surface area contributed by atoms with Crippen LogP contribution in [0.25, 0.3) is 0 Å². The lowest BCUT2D eigenvalue weighted by Gasteiger charge is -2.22. The van der Waals surface area contributed by atoms with E-state index >= 15 is 0 Å². The van der Waals surface area contributed by atoms with Gasteiger partial charge in [-0.15, -0.1) is 0 Å². The van der Waals surface area contributed by atoms with Crippen molar-refractivity contribution in [1.82, 2.24) is 0 Å². The highest BCUT2D eigenvalue weighted by Gasteiger charge is 2.32. The van der Waals surface area contributed by atoms with Crippen molar-refractivity contribution in [2.75, 3.05) is 5.32 Å². The van der Waals surface area contributed by atoms with E-state index in [0.717, 1.165) is 31.2 Å². The van der Waals surface area contributed by atoms with Gasteiger partial charge in [0.15, 0.2) is 17.6 Å². The molecule has 5 nitrogen and oxygen atoms in total. The van der Waals surface area contributed by atoms with Gasteiger partial charge in [0, 0.05) is 25.6 Å². The second kappa shape index (κ2) is 7.24. The van der Waals surface area contributed by atoms with E-state index in [0.29, 0.717) is 17.2 Å². The highest BCUT2D eigenvalue weighted by molar-refractivity contribution is 5.95. The Kier molecular flexibility index (Phi) is 4.79. The number of amides is 1. The van der Waals surface area contributed by atoms with E-state index in [-0.39, 0.29) is 12.0 Å². The summed E-state index contributed by atoms with van der Waals surface area (Å²) in [5.74, 6) is 0.445. The molecular weight excluding hydrogens is 342 g/mol. The molecule has 1 atom stereocenters. The lowest BCUT2D eigenvalue weighted by atomic mass is 10.1. The molecule has 0 bridgehead atoms. The molecule has 1 amide bonds. The van der Waals surface area contributed by atoms with Gasteiger partial charge in [0.25, 0.3) is 5.91 Å². The van der Waals surface area contributed by atoms with Crippen LogP contribution in [0.15, 0.2) is 48.5 Å². The van der Waals surface area contributed by atoms with Crippen LogP contribution >= 0.6 is 0 Å². The number of ether oxygens (including phenoxy) is 3. The predicted octanol–water partition coefficient (Wildman–Crippen LogP) is 4.83. The second-order valence-corrected chi connectivity index (χ2v) is 7.59. The Balaban J connectivity index is 1.52. The van der Waals surface area contributed by atoms with E-state index in [4.69, 9.17) is 14.2 Å². The number of benzene rings is 2. The standard InChI is InChI=1S/C22H25NO4/c1-22(2)26-18-13-12-16(14-19(18)27-22)23-21(24)20(15-8-4-3-5-9-15)25-17-10-6-7-11-17/h3-5,8-9,12-14,17,20H,6-7,10-11H2,1-2H3,(H,23,24)/t20-/m0/s1. The summed E-state index contributed by atoms with van der Waals surface area (Å²) in [6.45, 7) is 3.71. The van der Waals surface area contributed by atoms with Crippen LogP contribution in [0.2, 0.25) is 0 Å². The van der Waals surface area contributed by atoms with Gasteiger partial charge in [-0.25, -0.2) is 0 Å². The highest BCUT2D eigenvalue weighted by atomic mass is 16.7. The minimum Gasteiger partial charge on any atom is -0.449 e. The van der Waals surface area contributed by atoms with Crippen LogP contribution in [-0.2, 0) is 9.53 Å². The fraction of sp³-hybridized carbons (Fsp3) is 0.409. The Morgan fingerprint density at radius 1 is 1.07 bits per heavy atom. The first-order valence-corrected chi connectivity index (χ1v) is 9.53. The van der Waals surface area contributed by atoms with Crippen molar-refractivity contribution < 1.29 is 19.0 Å². The Labute approximate surface area is 159 Å². The molecule has 2 aromatic carbocycles. The number of rotatable bonds is 5. The first-order valence-electron chi connectivity index (χ1n) is 9.53. The third-order valence-electron chi connectivity index (χ3n) is 4.89. The van der Waals surface area contributed by atoms with E-state index in [1.165, 1.54) is 0 Å². The van der Waals surface area contributed by atoms with Crippen molar-refractivity contribution in [3.05, 3.63) is 54.1 Å². The molecule has 0 saturated heterocycles. The molecule has 0 spiro atoms.